The number of carbonyl (C=O) groups is 1. The number of ketones is 1. The van der Waals surface area contributed by atoms with E-state index in [2.05, 4.69) is 0 Å². The van der Waals surface area contributed by atoms with E-state index < -0.39 is 0 Å². The number of halogens is 1. The standard InChI is InChI=1S/C16H15ClO2/c1-12-7-8-14(17)9-15(12)16(18)11-19-10-13-5-3-2-4-6-13/h2-9H,10-11H2,1H3. The third-order valence-electron chi connectivity index (χ3n) is 2.84. The van der Waals surface area contributed by atoms with Gasteiger partial charge in [-0.05, 0) is 30.2 Å². The van der Waals surface area contributed by atoms with Crippen LogP contribution in [0.5, 0.6) is 0 Å². The molecule has 2 aromatic carbocycles. The maximum absolute atomic E-state index is 12.0. The smallest absolute Gasteiger partial charge is 0.188 e. The summed E-state index contributed by atoms with van der Waals surface area (Å²) in [6, 6.07) is 15.1. The lowest BCUT2D eigenvalue weighted by atomic mass is 10.1. The average molecular weight is 275 g/mol. The molecule has 0 heterocycles. The molecule has 0 saturated carbocycles. The molecule has 19 heavy (non-hydrogen) atoms. The molecule has 0 aromatic heterocycles. The molecule has 0 atom stereocenters. The van der Waals surface area contributed by atoms with Gasteiger partial charge in [-0.1, -0.05) is 48.0 Å². The first-order valence-corrected chi connectivity index (χ1v) is 6.45. The van der Waals surface area contributed by atoms with E-state index in [1.54, 1.807) is 12.1 Å². The zero-order chi connectivity index (χ0) is 13.7. The molecule has 0 aliphatic carbocycles. The summed E-state index contributed by atoms with van der Waals surface area (Å²) < 4.78 is 5.44. The molecule has 0 bridgehead atoms. The topological polar surface area (TPSA) is 26.3 Å². The van der Waals surface area contributed by atoms with E-state index >= 15 is 0 Å². The molecule has 0 radical (unpaired) electrons. The summed E-state index contributed by atoms with van der Waals surface area (Å²) in [4.78, 5) is 12.0. The summed E-state index contributed by atoms with van der Waals surface area (Å²) in [6.07, 6.45) is 0. The van der Waals surface area contributed by atoms with Gasteiger partial charge >= 0.3 is 0 Å². The molecular formula is C16H15ClO2. The molecule has 0 N–H and O–H groups in total. The summed E-state index contributed by atoms with van der Waals surface area (Å²) in [5, 5.41) is 0.567. The summed E-state index contributed by atoms with van der Waals surface area (Å²) in [6.45, 7) is 2.39. The second kappa shape index (κ2) is 6.50. The molecule has 2 rings (SSSR count). The first-order valence-electron chi connectivity index (χ1n) is 6.08. The lowest BCUT2D eigenvalue weighted by molar-refractivity contribution is 0.0726. The Kier molecular flexibility index (Phi) is 4.72. The number of aryl methyl sites for hydroxylation is 1. The fraction of sp³-hybridized carbons (Fsp3) is 0.188. The highest BCUT2D eigenvalue weighted by molar-refractivity contribution is 6.31. The van der Waals surface area contributed by atoms with Gasteiger partial charge in [0.15, 0.2) is 5.78 Å². The number of Topliss-reactive ketones (excluding diaryl/α,β-unsaturated/α-hetero) is 1. The van der Waals surface area contributed by atoms with Crippen LogP contribution < -0.4 is 0 Å². The van der Waals surface area contributed by atoms with Crippen LogP contribution in [0.2, 0.25) is 5.02 Å². The lowest BCUT2D eigenvalue weighted by Crippen LogP contribution is -2.10. The SMILES string of the molecule is Cc1ccc(Cl)cc1C(=O)COCc1ccccc1. The summed E-state index contributed by atoms with van der Waals surface area (Å²) in [7, 11) is 0. The zero-order valence-electron chi connectivity index (χ0n) is 10.7. The van der Waals surface area contributed by atoms with E-state index in [1.165, 1.54) is 0 Å². The van der Waals surface area contributed by atoms with Crippen LogP contribution >= 0.6 is 11.6 Å². The van der Waals surface area contributed by atoms with Crippen LogP contribution in [0.15, 0.2) is 48.5 Å². The van der Waals surface area contributed by atoms with Gasteiger partial charge in [0.2, 0.25) is 0 Å². The molecule has 3 heteroatoms. The van der Waals surface area contributed by atoms with Gasteiger partial charge in [-0.3, -0.25) is 4.79 Å². The first kappa shape index (κ1) is 13.8. The highest BCUT2D eigenvalue weighted by Gasteiger charge is 2.09. The van der Waals surface area contributed by atoms with Crippen molar-refractivity contribution in [1.82, 2.24) is 0 Å². The molecule has 2 nitrogen and oxygen atoms in total. The quantitative estimate of drug-likeness (QED) is 0.769. The van der Waals surface area contributed by atoms with E-state index in [9.17, 15) is 4.79 Å². The van der Waals surface area contributed by atoms with Gasteiger partial charge < -0.3 is 4.74 Å². The number of ether oxygens (including phenoxy) is 1. The Balaban J connectivity index is 1.93. The number of benzene rings is 2. The third kappa shape index (κ3) is 3.91. The minimum atomic E-state index is -0.0454. The predicted molar refractivity (Wildman–Crippen MR) is 76.6 cm³/mol. The summed E-state index contributed by atoms with van der Waals surface area (Å²) in [5.74, 6) is -0.0454. The number of hydrogen-bond donors (Lipinski definition) is 0. The fourth-order valence-electron chi connectivity index (χ4n) is 1.81. The number of hydrogen-bond acceptors (Lipinski definition) is 2. The monoisotopic (exact) mass is 274 g/mol. The van der Waals surface area contributed by atoms with Gasteiger partial charge in [-0.25, -0.2) is 0 Å². The maximum atomic E-state index is 12.0. The van der Waals surface area contributed by atoms with Crippen molar-refractivity contribution < 1.29 is 9.53 Å². The normalized spacial score (nSPS) is 10.4. The Bertz CT molecular complexity index is 564. The molecule has 2 aromatic rings. The van der Waals surface area contributed by atoms with Gasteiger partial charge in [0.1, 0.15) is 6.61 Å². The highest BCUT2D eigenvalue weighted by Crippen LogP contribution is 2.16. The van der Waals surface area contributed by atoms with Crippen molar-refractivity contribution >= 4 is 17.4 Å². The Morgan fingerprint density at radius 2 is 1.89 bits per heavy atom. The van der Waals surface area contributed by atoms with Gasteiger partial charge in [0.25, 0.3) is 0 Å². The van der Waals surface area contributed by atoms with Crippen LogP contribution in [0.25, 0.3) is 0 Å². The van der Waals surface area contributed by atoms with Crippen LogP contribution in [0.3, 0.4) is 0 Å². The first-order chi connectivity index (χ1) is 9.16. The zero-order valence-corrected chi connectivity index (χ0v) is 11.5. The minimum Gasteiger partial charge on any atom is -0.369 e. The molecule has 0 aliphatic heterocycles. The molecule has 0 saturated heterocycles. The fourth-order valence-corrected chi connectivity index (χ4v) is 1.98. The van der Waals surface area contributed by atoms with Gasteiger partial charge in [-0.15, -0.1) is 0 Å². The van der Waals surface area contributed by atoms with Crippen LogP contribution in [-0.4, -0.2) is 12.4 Å². The Morgan fingerprint density at radius 1 is 1.16 bits per heavy atom. The van der Waals surface area contributed by atoms with E-state index in [0.29, 0.717) is 17.2 Å². The van der Waals surface area contributed by atoms with Crippen LogP contribution in [0.4, 0.5) is 0 Å². The second-order valence-electron chi connectivity index (χ2n) is 4.36. The van der Waals surface area contributed by atoms with E-state index in [0.717, 1.165) is 11.1 Å². The van der Waals surface area contributed by atoms with Gasteiger partial charge in [0, 0.05) is 10.6 Å². The minimum absolute atomic E-state index is 0.0454. The lowest BCUT2D eigenvalue weighted by Gasteiger charge is -2.07. The molecule has 0 amide bonds. The largest absolute Gasteiger partial charge is 0.369 e. The van der Waals surface area contributed by atoms with Crippen molar-refractivity contribution in [2.24, 2.45) is 0 Å². The Labute approximate surface area is 118 Å². The van der Waals surface area contributed by atoms with E-state index in [4.69, 9.17) is 16.3 Å². The van der Waals surface area contributed by atoms with Crippen LogP contribution in [0.1, 0.15) is 21.5 Å². The van der Waals surface area contributed by atoms with E-state index in [-0.39, 0.29) is 12.4 Å². The maximum Gasteiger partial charge on any atom is 0.188 e. The molecule has 98 valence electrons. The van der Waals surface area contributed by atoms with Crippen molar-refractivity contribution in [2.75, 3.05) is 6.61 Å². The molecule has 0 aliphatic rings. The summed E-state index contributed by atoms with van der Waals surface area (Å²) in [5.41, 5.74) is 2.59. The predicted octanol–water partition coefficient (Wildman–Crippen LogP) is 4.05. The third-order valence-corrected chi connectivity index (χ3v) is 3.08. The van der Waals surface area contributed by atoms with Crippen molar-refractivity contribution in [2.45, 2.75) is 13.5 Å². The second-order valence-corrected chi connectivity index (χ2v) is 4.80. The number of rotatable bonds is 5. The molecule has 0 spiro atoms. The van der Waals surface area contributed by atoms with Gasteiger partial charge in [-0.2, -0.15) is 0 Å². The Morgan fingerprint density at radius 3 is 2.63 bits per heavy atom. The van der Waals surface area contributed by atoms with E-state index in [1.807, 2.05) is 43.3 Å². The molecule has 0 unspecified atom stereocenters. The van der Waals surface area contributed by atoms with Crippen molar-refractivity contribution in [3.63, 3.8) is 0 Å². The molecular weight excluding hydrogens is 260 g/mol. The average Bonchev–Trinajstić information content (AvgIpc) is 2.42. The number of carbonyl (C=O) groups excluding carboxylic acids is 1. The Hall–Kier alpha value is -1.64. The van der Waals surface area contributed by atoms with Gasteiger partial charge in [0.05, 0.1) is 6.61 Å². The highest BCUT2D eigenvalue weighted by atomic mass is 35.5. The van der Waals surface area contributed by atoms with Crippen LogP contribution in [0, 0.1) is 6.92 Å². The van der Waals surface area contributed by atoms with Crippen molar-refractivity contribution in [3.05, 3.63) is 70.2 Å². The van der Waals surface area contributed by atoms with Crippen molar-refractivity contribution in [1.29, 1.82) is 0 Å². The van der Waals surface area contributed by atoms with Crippen molar-refractivity contribution in [3.8, 4) is 0 Å². The van der Waals surface area contributed by atoms with Crippen LogP contribution in [-0.2, 0) is 11.3 Å². The summed E-state index contributed by atoms with van der Waals surface area (Å²) >= 11 is 5.90. The molecule has 0 fully saturated rings.